The van der Waals surface area contributed by atoms with Crippen LogP contribution in [0.4, 0.5) is 0 Å². The third kappa shape index (κ3) is 3.87. The Bertz CT molecular complexity index is 860. The second-order valence-electron chi connectivity index (χ2n) is 4.07. The molecular formula is C12H11O6PS2. The maximum Gasteiger partial charge on any atom is 0.296 e. The molecule has 2 rings (SSSR count). The van der Waals surface area contributed by atoms with Crippen molar-refractivity contribution < 1.29 is 25.9 Å². The lowest BCUT2D eigenvalue weighted by Crippen LogP contribution is -2.18. The molecule has 2 aromatic carbocycles. The SMILES string of the molecule is O=S(=O)(O)c1cccc(Pc2ccccc2)c1S(=O)(=O)O. The Morgan fingerprint density at radius 2 is 1.38 bits per heavy atom. The second kappa shape index (κ2) is 5.82. The zero-order valence-corrected chi connectivity index (χ0v) is 13.1. The van der Waals surface area contributed by atoms with Crippen LogP contribution in [0.1, 0.15) is 0 Å². The van der Waals surface area contributed by atoms with E-state index in [0.717, 1.165) is 11.4 Å². The Morgan fingerprint density at radius 1 is 0.762 bits per heavy atom. The zero-order valence-electron chi connectivity index (χ0n) is 10.5. The number of benzene rings is 2. The predicted octanol–water partition coefficient (Wildman–Crippen LogP) is 0.809. The molecule has 0 spiro atoms. The Balaban J connectivity index is 2.68. The van der Waals surface area contributed by atoms with Crippen LogP contribution in [0.15, 0.2) is 58.3 Å². The summed E-state index contributed by atoms with van der Waals surface area (Å²) in [6.07, 6.45) is 0. The van der Waals surface area contributed by atoms with Gasteiger partial charge in [-0.25, -0.2) is 0 Å². The van der Waals surface area contributed by atoms with Crippen LogP contribution in [-0.4, -0.2) is 25.9 Å². The first-order chi connectivity index (χ1) is 9.69. The van der Waals surface area contributed by atoms with Gasteiger partial charge in [0, 0.05) is 0 Å². The van der Waals surface area contributed by atoms with Crippen LogP contribution in [-0.2, 0) is 20.2 Å². The van der Waals surface area contributed by atoms with Gasteiger partial charge in [-0.15, -0.1) is 0 Å². The fourth-order valence-corrected chi connectivity index (χ4v) is 5.38. The molecule has 0 saturated heterocycles. The van der Waals surface area contributed by atoms with E-state index in [1.54, 1.807) is 30.3 Å². The first-order valence-corrected chi connectivity index (χ1v) is 9.47. The van der Waals surface area contributed by atoms with E-state index in [1.165, 1.54) is 12.1 Å². The average Bonchev–Trinajstić information content (AvgIpc) is 2.37. The van der Waals surface area contributed by atoms with Gasteiger partial charge in [-0.3, -0.25) is 9.11 Å². The van der Waals surface area contributed by atoms with Crippen molar-refractivity contribution >= 4 is 39.4 Å². The monoisotopic (exact) mass is 346 g/mol. The number of hydrogen-bond donors (Lipinski definition) is 2. The topological polar surface area (TPSA) is 109 Å². The molecule has 112 valence electrons. The van der Waals surface area contributed by atoms with Crippen molar-refractivity contribution in [3.05, 3.63) is 48.5 Å². The first-order valence-electron chi connectivity index (χ1n) is 5.59. The van der Waals surface area contributed by atoms with Crippen molar-refractivity contribution in [1.82, 2.24) is 0 Å². The van der Waals surface area contributed by atoms with Crippen LogP contribution in [0.5, 0.6) is 0 Å². The van der Waals surface area contributed by atoms with Gasteiger partial charge in [-0.2, -0.15) is 16.8 Å². The van der Waals surface area contributed by atoms with Crippen molar-refractivity contribution in [3.63, 3.8) is 0 Å². The summed E-state index contributed by atoms with van der Waals surface area (Å²) in [6, 6.07) is 12.4. The molecule has 0 aliphatic carbocycles. The molecule has 9 heteroatoms. The Morgan fingerprint density at radius 3 is 1.90 bits per heavy atom. The molecule has 0 amide bonds. The molecule has 6 nitrogen and oxygen atoms in total. The number of rotatable bonds is 4. The largest absolute Gasteiger partial charge is 0.296 e. The molecule has 0 radical (unpaired) electrons. The summed E-state index contributed by atoms with van der Waals surface area (Å²) in [4.78, 5) is -1.61. The van der Waals surface area contributed by atoms with Crippen LogP contribution in [0.3, 0.4) is 0 Å². The van der Waals surface area contributed by atoms with Crippen LogP contribution >= 0.6 is 8.58 Å². The molecule has 0 heterocycles. The molecule has 2 N–H and O–H groups in total. The zero-order chi connectivity index (χ0) is 15.7. The van der Waals surface area contributed by atoms with Gasteiger partial charge in [0.05, 0.1) is 0 Å². The van der Waals surface area contributed by atoms with Gasteiger partial charge in [-0.05, 0) is 16.7 Å². The third-order valence-corrected chi connectivity index (χ3v) is 6.04. The lowest BCUT2D eigenvalue weighted by Gasteiger charge is -2.10. The lowest BCUT2D eigenvalue weighted by molar-refractivity contribution is 0.467. The highest BCUT2D eigenvalue weighted by molar-refractivity contribution is 7.89. The van der Waals surface area contributed by atoms with E-state index in [4.69, 9.17) is 4.55 Å². The Kier molecular flexibility index (Phi) is 4.46. The standard InChI is InChI=1S/C12H11O6PS2/c13-20(14,15)11-8-4-7-10(12(11)21(16,17)18)19-9-5-2-1-3-6-9/h1-8,19H,(H,13,14,15)(H,16,17,18). The molecule has 0 saturated carbocycles. The van der Waals surface area contributed by atoms with Crippen LogP contribution in [0, 0.1) is 0 Å². The van der Waals surface area contributed by atoms with Gasteiger partial charge in [0.1, 0.15) is 9.79 Å². The van der Waals surface area contributed by atoms with Gasteiger partial charge in [0.25, 0.3) is 20.2 Å². The van der Waals surface area contributed by atoms with Gasteiger partial charge < -0.3 is 0 Å². The van der Waals surface area contributed by atoms with Gasteiger partial charge in [0.15, 0.2) is 0 Å². The molecule has 0 aromatic heterocycles. The Labute approximate surface area is 124 Å². The maximum atomic E-state index is 11.5. The summed E-state index contributed by atoms with van der Waals surface area (Å²) in [7, 11) is -9.76. The normalized spacial score (nSPS) is 12.9. The van der Waals surface area contributed by atoms with E-state index in [-0.39, 0.29) is 13.9 Å². The molecule has 2 aromatic rings. The van der Waals surface area contributed by atoms with Crippen molar-refractivity contribution in [3.8, 4) is 0 Å². The number of hydrogen-bond acceptors (Lipinski definition) is 4. The molecule has 0 aliphatic heterocycles. The summed E-state index contributed by atoms with van der Waals surface area (Å²) in [5, 5.41) is 0.869. The summed E-state index contributed by atoms with van der Waals surface area (Å²) in [5.41, 5.74) is 0. The molecule has 1 atom stereocenters. The molecule has 1 unspecified atom stereocenters. The van der Waals surface area contributed by atoms with E-state index >= 15 is 0 Å². The van der Waals surface area contributed by atoms with E-state index in [9.17, 15) is 21.4 Å². The predicted molar refractivity (Wildman–Crippen MR) is 80.1 cm³/mol. The van der Waals surface area contributed by atoms with Gasteiger partial charge >= 0.3 is 0 Å². The van der Waals surface area contributed by atoms with Gasteiger partial charge in [-0.1, -0.05) is 51.0 Å². The van der Waals surface area contributed by atoms with Crippen molar-refractivity contribution in [2.45, 2.75) is 9.79 Å². The highest BCUT2D eigenvalue weighted by Crippen LogP contribution is 2.24. The smallest absolute Gasteiger partial charge is 0.282 e. The quantitative estimate of drug-likeness (QED) is 0.626. The van der Waals surface area contributed by atoms with E-state index in [0.29, 0.717) is 0 Å². The van der Waals surface area contributed by atoms with Crippen LogP contribution < -0.4 is 10.6 Å². The molecule has 21 heavy (non-hydrogen) atoms. The van der Waals surface area contributed by atoms with Crippen molar-refractivity contribution in [2.24, 2.45) is 0 Å². The van der Waals surface area contributed by atoms with Gasteiger partial charge in [0.2, 0.25) is 0 Å². The minimum absolute atomic E-state index is 0.110. The fraction of sp³-hybridized carbons (Fsp3) is 0. The fourth-order valence-electron chi connectivity index (χ4n) is 1.76. The van der Waals surface area contributed by atoms with E-state index in [1.807, 2.05) is 0 Å². The summed E-state index contributed by atoms with van der Waals surface area (Å²) in [6.45, 7) is 0. The second-order valence-corrected chi connectivity index (χ2v) is 8.19. The summed E-state index contributed by atoms with van der Waals surface area (Å²) >= 11 is 0. The third-order valence-electron chi connectivity index (χ3n) is 2.57. The molecule has 0 fully saturated rings. The maximum absolute atomic E-state index is 11.5. The summed E-state index contributed by atoms with van der Waals surface area (Å²) in [5.74, 6) is 0. The van der Waals surface area contributed by atoms with E-state index < -0.39 is 30.0 Å². The Hall–Kier alpha value is -1.31. The molecule has 0 bridgehead atoms. The van der Waals surface area contributed by atoms with E-state index in [2.05, 4.69) is 0 Å². The van der Waals surface area contributed by atoms with Crippen LogP contribution in [0.25, 0.3) is 0 Å². The minimum Gasteiger partial charge on any atom is -0.282 e. The lowest BCUT2D eigenvalue weighted by atomic mass is 10.4. The molecule has 0 aliphatic rings. The highest BCUT2D eigenvalue weighted by atomic mass is 32.2. The van der Waals surface area contributed by atoms with Crippen LogP contribution in [0.2, 0.25) is 0 Å². The summed E-state index contributed by atoms with van der Waals surface area (Å²) < 4.78 is 64.0. The minimum atomic E-state index is -4.80. The first kappa shape index (κ1) is 16.1. The van der Waals surface area contributed by atoms with Crippen molar-refractivity contribution in [2.75, 3.05) is 0 Å². The molecular weight excluding hydrogens is 335 g/mol. The highest BCUT2D eigenvalue weighted by Gasteiger charge is 2.27. The van der Waals surface area contributed by atoms with Crippen molar-refractivity contribution in [1.29, 1.82) is 0 Å². The average molecular weight is 346 g/mol.